The molecule has 1 aliphatic heterocycles. The number of benzene rings is 1. The number of nitrogens with zero attached hydrogens (tertiary/aromatic N) is 3. The molecule has 0 unspecified atom stereocenters. The molecule has 0 bridgehead atoms. The molecule has 0 saturated carbocycles. The summed E-state index contributed by atoms with van der Waals surface area (Å²) in [7, 11) is 0. The van der Waals surface area contributed by atoms with Crippen LogP contribution in [0.4, 0.5) is 8.78 Å². The standard InChI is InChI=1S/C21H25F2N3O2S/c1-13-17(14(2)25-21(24-13)29-3)5-7-20(27)26-10-8-16(9-11-26)28-19-6-4-15(22)12-18(19)23/h4,6,12,16H,5,7-11H2,1-3H3. The summed E-state index contributed by atoms with van der Waals surface area (Å²) in [5, 5.41) is 0.745. The first kappa shape index (κ1) is 21.5. The number of carbonyl (C=O) groups excluding carboxylic acids is 1. The summed E-state index contributed by atoms with van der Waals surface area (Å²) in [6.45, 7) is 5.02. The van der Waals surface area contributed by atoms with E-state index in [0.29, 0.717) is 38.8 Å². The van der Waals surface area contributed by atoms with Crippen LogP contribution in [-0.4, -0.2) is 46.2 Å². The van der Waals surface area contributed by atoms with Gasteiger partial charge in [0.25, 0.3) is 0 Å². The summed E-state index contributed by atoms with van der Waals surface area (Å²) in [5.41, 5.74) is 2.87. The Morgan fingerprint density at radius 2 is 1.86 bits per heavy atom. The molecule has 2 heterocycles. The van der Waals surface area contributed by atoms with Gasteiger partial charge in [-0.1, -0.05) is 11.8 Å². The van der Waals surface area contributed by atoms with Gasteiger partial charge in [-0.25, -0.2) is 18.7 Å². The van der Waals surface area contributed by atoms with Gasteiger partial charge in [-0.15, -0.1) is 0 Å². The second-order valence-electron chi connectivity index (χ2n) is 7.13. The first-order valence-corrected chi connectivity index (χ1v) is 10.9. The lowest BCUT2D eigenvalue weighted by molar-refractivity contribution is -0.132. The Hall–Kier alpha value is -2.22. The molecule has 0 N–H and O–H groups in total. The van der Waals surface area contributed by atoms with Crippen molar-refractivity contribution in [3.63, 3.8) is 0 Å². The minimum Gasteiger partial charge on any atom is -0.487 e. The summed E-state index contributed by atoms with van der Waals surface area (Å²) in [4.78, 5) is 23.4. The van der Waals surface area contributed by atoms with E-state index in [2.05, 4.69) is 9.97 Å². The fourth-order valence-electron chi connectivity index (χ4n) is 3.53. The highest BCUT2D eigenvalue weighted by atomic mass is 32.2. The Bertz CT molecular complexity index is 863. The molecule has 1 saturated heterocycles. The van der Waals surface area contributed by atoms with Crippen LogP contribution < -0.4 is 4.74 Å². The molecule has 0 spiro atoms. The largest absolute Gasteiger partial charge is 0.487 e. The number of ether oxygens (including phenoxy) is 1. The molecule has 8 heteroatoms. The fraction of sp³-hybridized carbons (Fsp3) is 0.476. The Labute approximate surface area is 173 Å². The van der Waals surface area contributed by atoms with Crippen molar-refractivity contribution in [1.29, 1.82) is 0 Å². The zero-order chi connectivity index (χ0) is 21.0. The number of halogens is 2. The van der Waals surface area contributed by atoms with Crippen molar-refractivity contribution >= 4 is 17.7 Å². The summed E-state index contributed by atoms with van der Waals surface area (Å²) in [6, 6.07) is 3.29. The lowest BCUT2D eigenvalue weighted by atomic mass is 10.0. The van der Waals surface area contributed by atoms with Crippen LogP contribution in [0.2, 0.25) is 0 Å². The van der Waals surface area contributed by atoms with Crippen LogP contribution in [0.1, 0.15) is 36.2 Å². The quantitative estimate of drug-likeness (QED) is 0.519. The Morgan fingerprint density at radius 3 is 2.45 bits per heavy atom. The predicted molar refractivity (Wildman–Crippen MR) is 108 cm³/mol. The zero-order valence-corrected chi connectivity index (χ0v) is 17.7. The normalized spacial score (nSPS) is 14.9. The molecule has 29 heavy (non-hydrogen) atoms. The number of carbonyl (C=O) groups is 1. The highest BCUT2D eigenvalue weighted by Crippen LogP contribution is 2.23. The van der Waals surface area contributed by atoms with Crippen LogP contribution in [0.3, 0.4) is 0 Å². The lowest BCUT2D eigenvalue weighted by Gasteiger charge is -2.32. The first-order chi connectivity index (χ1) is 13.9. The van der Waals surface area contributed by atoms with Crippen molar-refractivity contribution in [2.45, 2.75) is 50.8 Å². The highest BCUT2D eigenvalue weighted by molar-refractivity contribution is 7.98. The van der Waals surface area contributed by atoms with E-state index in [-0.39, 0.29) is 17.8 Å². The monoisotopic (exact) mass is 421 g/mol. The third kappa shape index (κ3) is 5.44. The topological polar surface area (TPSA) is 55.3 Å². The number of piperidine rings is 1. The van der Waals surface area contributed by atoms with E-state index in [0.717, 1.165) is 28.2 Å². The van der Waals surface area contributed by atoms with E-state index in [1.165, 1.54) is 23.9 Å². The maximum atomic E-state index is 13.7. The highest BCUT2D eigenvalue weighted by Gasteiger charge is 2.25. The SMILES string of the molecule is CSc1nc(C)c(CCC(=O)N2CCC(Oc3ccc(F)cc3F)CC2)c(C)n1. The van der Waals surface area contributed by atoms with Gasteiger partial charge in [-0.05, 0) is 44.2 Å². The summed E-state index contributed by atoms with van der Waals surface area (Å²) in [5.74, 6) is -1.20. The van der Waals surface area contributed by atoms with Gasteiger partial charge < -0.3 is 9.64 Å². The van der Waals surface area contributed by atoms with Gasteiger partial charge >= 0.3 is 0 Å². The van der Waals surface area contributed by atoms with Crippen LogP contribution in [-0.2, 0) is 11.2 Å². The molecule has 1 aliphatic rings. The minimum absolute atomic E-state index is 0.0517. The summed E-state index contributed by atoms with van der Waals surface area (Å²) < 4.78 is 32.4. The summed E-state index contributed by atoms with van der Waals surface area (Å²) >= 11 is 1.50. The third-order valence-corrected chi connectivity index (χ3v) is 5.70. The van der Waals surface area contributed by atoms with Crippen molar-refractivity contribution in [3.05, 3.63) is 46.8 Å². The van der Waals surface area contributed by atoms with Crippen LogP contribution >= 0.6 is 11.8 Å². The van der Waals surface area contributed by atoms with Crippen LogP contribution in [0, 0.1) is 25.5 Å². The van der Waals surface area contributed by atoms with Gasteiger partial charge in [0, 0.05) is 49.8 Å². The van der Waals surface area contributed by atoms with E-state index < -0.39 is 11.6 Å². The van der Waals surface area contributed by atoms with Crippen LogP contribution in [0.5, 0.6) is 5.75 Å². The molecule has 5 nitrogen and oxygen atoms in total. The van der Waals surface area contributed by atoms with E-state index in [9.17, 15) is 13.6 Å². The molecule has 1 fully saturated rings. The lowest BCUT2D eigenvalue weighted by Crippen LogP contribution is -2.42. The van der Waals surface area contributed by atoms with Gasteiger partial charge in [0.1, 0.15) is 11.9 Å². The van der Waals surface area contributed by atoms with Crippen molar-refractivity contribution in [1.82, 2.24) is 14.9 Å². The number of hydrogen-bond acceptors (Lipinski definition) is 5. The molecule has 156 valence electrons. The average Bonchev–Trinajstić information content (AvgIpc) is 2.69. The van der Waals surface area contributed by atoms with E-state index in [1.54, 1.807) is 0 Å². The van der Waals surface area contributed by atoms with Crippen LogP contribution in [0.25, 0.3) is 0 Å². The fourth-order valence-corrected chi connectivity index (χ4v) is 3.98. The zero-order valence-electron chi connectivity index (χ0n) is 16.9. The molecule has 0 atom stereocenters. The number of likely N-dealkylation sites (tertiary alicyclic amines) is 1. The molecule has 1 aromatic heterocycles. The average molecular weight is 422 g/mol. The molecule has 2 aromatic rings. The minimum atomic E-state index is -0.705. The Balaban J connectivity index is 1.50. The molecule has 1 aromatic carbocycles. The van der Waals surface area contributed by atoms with Gasteiger partial charge in [0.15, 0.2) is 16.7 Å². The van der Waals surface area contributed by atoms with Gasteiger partial charge in [0.05, 0.1) is 0 Å². The summed E-state index contributed by atoms with van der Waals surface area (Å²) in [6.07, 6.45) is 4.01. The number of aromatic nitrogens is 2. The number of thioether (sulfide) groups is 1. The Morgan fingerprint density at radius 1 is 1.21 bits per heavy atom. The van der Waals surface area contributed by atoms with Crippen molar-refractivity contribution in [2.75, 3.05) is 19.3 Å². The second-order valence-corrected chi connectivity index (χ2v) is 7.91. The molecule has 1 amide bonds. The van der Waals surface area contributed by atoms with E-state index in [1.807, 2.05) is 25.0 Å². The third-order valence-electron chi connectivity index (χ3n) is 5.15. The molecule has 3 rings (SSSR count). The number of amides is 1. The van der Waals surface area contributed by atoms with Gasteiger partial charge in [0.2, 0.25) is 5.91 Å². The van der Waals surface area contributed by atoms with Crippen molar-refractivity contribution in [2.24, 2.45) is 0 Å². The van der Waals surface area contributed by atoms with Crippen LogP contribution in [0.15, 0.2) is 23.4 Å². The molecular formula is C21H25F2N3O2S. The smallest absolute Gasteiger partial charge is 0.222 e. The molecular weight excluding hydrogens is 396 g/mol. The maximum absolute atomic E-state index is 13.7. The number of aryl methyl sites for hydroxylation is 2. The second kappa shape index (κ2) is 9.52. The first-order valence-electron chi connectivity index (χ1n) is 9.65. The van der Waals surface area contributed by atoms with E-state index >= 15 is 0 Å². The molecule has 0 aliphatic carbocycles. The number of hydrogen-bond donors (Lipinski definition) is 0. The van der Waals surface area contributed by atoms with Crippen molar-refractivity contribution in [3.8, 4) is 5.75 Å². The maximum Gasteiger partial charge on any atom is 0.222 e. The predicted octanol–water partition coefficient (Wildman–Crippen LogP) is 4.10. The van der Waals surface area contributed by atoms with E-state index in [4.69, 9.17) is 4.74 Å². The van der Waals surface area contributed by atoms with Gasteiger partial charge in [-0.2, -0.15) is 0 Å². The Kier molecular flexibility index (Phi) is 7.05. The number of rotatable bonds is 6. The van der Waals surface area contributed by atoms with Crippen molar-refractivity contribution < 1.29 is 18.3 Å². The molecule has 0 radical (unpaired) electrons. The van der Waals surface area contributed by atoms with Gasteiger partial charge in [-0.3, -0.25) is 4.79 Å².